The number of amides is 1. The molecule has 20 heavy (non-hydrogen) atoms. The van der Waals surface area contributed by atoms with Gasteiger partial charge in [0, 0.05) is 19.2 Å². The molecule has 0 aliphatic heterocycles. The van der Waals surface area contributed by atoms with Gasteiger partial charge in [0.1, 0.15) is 17.3 Å². The summed E-state index contributed by atoms with van der Waals surface area (Å²) < 4.78 is 1.72. The number of carbonyl (C=O) groups excluding carboxylic acids is 1. The van der Waals surface area contributed by atoms with E-state index in [0.717, 1.165) is 0 Å². The third kappa shape index (κ3) is 2.91. The fraction of sp³-hybridized carbons (Fsp3) is 0.308. The average Bonchev–Trinajstić information content (AvgIpc) is 2.87. The molecule has 6 nitrogen and oxygen atoms in total. The number of nitrogens with one attached hydrogen (secondary N) is 2. The Morgan fingerprint density at radius 3 is 2.75 bits per heavy atom. The number of aromatic nitrogens is 3. The van der Waals surface area contributed by atoms with Gasteiger partial charge >= 0.3 is 0 Å². The Labute approximate surface area is 122 Å². The maximum Gasteiger partial charge on any atom is 0.277 e. The summed E-state index contributed by atoms with van der Waals surface area (Å²) in [5.74, 6) is 0.823. The first-order valence-corrected chi connectivity index (χ1v) is 6.60. The van der Waals surface area contributed by atoms with Gasteiger partial charge in [-0.15, -0.1) is 0 Å². The van der Waals surface area contributed by atoms with E-state index in [4.69, 9.17) is 11.6 Å². The molecule has 0 bridgehead atoms. The van der Waals surface area contributed by atoms with E-state index in [1.807, 2.05) is 13.8 Å². The molecule has 2 aromatic rings. The average molecular weight is 294 g/mol. The van der Waals surface area contributed by atoms with Gasteiger partial charge in [0.25, 0.3) is 5.91 Å². The molecular weight excluding hydrogens is 278 g/mol. The summed E-state index contributed by atoms with van der Waals surface area (Å²) in [6.45, 7) is 3.96. The van der Waals surface area contributed by atoms with Crippen molar-refractivity contribution in [2.75, 3.05) is 17.7 Å². The van der Waals surface area contributed by atoms with E-state index in [0.29, 0.717) is 16.7 Å². The number of hydrogen-bond donors (Lipinski definition) is 2. The molecule has 0 saturated heterocycles. The van der Waals surface area contributed by atoms with Crippen LogP contribution in [0.25, 0.3) is 0 Å². The molecule has 1 amide bonds. The minimum Gasteiger partial charge on any atom is -0.373 e. The van der Waals surface area contributed by atoms with E-state index in [1.54, 1.807) is 36.1 Å². The zero-order valence-electron chi connectivity index (χ0n) is 11.5. The second kappa shape index (κ2) is 5.92. The van der Waals surface area contributed by atoms with Crippen LogP contribution in [0, 0.1) is 0 Å². The van der Waals surface area contributed by atoms with Gasteiger partial charge in [0.05, 0.1) is 11.2 Å². The van der Waals surface area contributed by atoms with Crippen molar-refractivity contribution in [2.24, 2.45) is 0 Å². The number of hydrogen-bond acceptors (Lipinski definition) is 4. The highest BCUT2D eigenvalue weighted by Crippen LogP contribution is 2.19. The molecule has 0 aromatic carbocycles. The van der Waals surface area contributed by atoms with E-state index in [9.17, 15) is 4.79 Å². The minimum absolute atomic E-state index is 0.146. The fourth-order valence-electron chi connectivity index (χ4n) is 1.74. The molecule has 0 radical (unpaired) electrons. The number of nitrogens with zero attached hydrogens (tertiary/aromatic N) is 3. The van der Waals surface area contributed by atoms with Crippen molar-refractivity contribution in [3.05, 3.63) is 35.1 Å². The molecule has 7 heteroatoms. The number of anilines is 2. The van der Waals surface area contributed by atoms with Crippen molar-refractivity contribution < 1.29 is 4.79 Å². The molecule has 0 aliphatic rings. The Kier molecular flexibility index (Phi) is 4.24. The molecule has 0 aliphatic carbocycles. The number of carbonyl (C=O) groups is 1. The van der Waals surface area contributed by atoms with Crippen molar-refractivity contribution in [3.63, 3.8) is 0 Å². The first kappa shape index (κ1) is 14.3. The highest BCUT2D eigenvalue weighted by molar-refractivity contribution is 6.34. The molecule has 0 atom stereocenters. The van der Waals surface area contributed by atoms with Gasteiger partial charge in [-0.1, -0.05) is 11.6 Å². The summed E-state index contributed by atoms with van der Waals surface area (Å²) in [6.07, 6.45) is 1.63. The van der Waals surface area contributed by atoms with Crippen LogP contribution in [0.2, 0.25) is 5.02 Å². The van der Waals surface area contributed by atoms with E-state index in [1.165, 1.54) is 0 Å². The fourth-order valence-corrected chi connectivity index (χ4v) is 1.93. The maximum atomic E-state index is 12.2. The Balaban J connectivity index is 2.26. The molecule has 0 unspecified atom stereocenters. The minimum atomic E-state index is -0.366. The molecule has 106 valence electrons. The van der Waals surface area contributed by atoms with Crippen LogP contribution < -0.4 is 10.6 Å². The predicted molar refractivity (Wildman–Crippen MR) is 79.4 cm³/mol. The summed E-state index contributed by atoms with van der Waals surface area (Å²) in [6, 6.07) is 5.22. The highest BCUT2D eigenvalue weighted by atomic mass is 35.5. The lowest BCUT2D eigenvalue weighted by Crippen LogP contribution is -2.18. The Morgan fingerprint density at radius 1 is 1.35 bits per heavy atom. The Bertz CT molecular complexity index is 623. The van der Waals surface area contributed by atoms with Crippen LogP contribution in [0.15, 0.2) is 24.4 Å². The van der Waals surface area contributed by atoms with Crippen molar-refractivity contribution in [1.82, 2.24) is 14.8 Å². The summed E-state index contributed by atoms with van der Waals surface area (Å²) >= 11 is 6.02. The monoisotopic (exact) mass is 293 g/mol. The lowest BCUT2D eigenvalue weighted by molar-refractivity contribution is 0.102. The maximum absolute atomic E-state index is 12.2. The van der Waals surface area contributed by atoms with Gasteiger partial charge in [-0.05, 0) is 26.0 Å². The van der Waals surface area contributed by atoms with Crippen LogP contribution in [0.1, 0.15) is 30.4 Å². The second-order valence-electron chi connectivity index (χ2n) is 4.49. The first-order valence-electron chi connectivity index (χ1n) is 6.22. The second-order valence-corrected chi connectivity index (χ2v) is 4.89. The number of halogens is 1. The van der Waals surface area contributed by atoms with Crippen LogP contribution in [0.4, 0.5) is 11.6 Å². The predicted octanol–water partition coefficient (Wildman–Crippen LogP) is 2.81. The van der Waals surface area contributed by atoms with Crippen molar-refractivity contribution in [2.45, 2.75) is 19.9 Å². The molecule has 2 aromatic heterocycles. The smallest absolute Gasteiger partial charge is 0.277 e. The van der Waals surface area contributed by atoms with E-state index in [-0.39, 0.29) is 17.6 Å². The largest absolute Gasteiger partial charge is 0.373 e. The van der Waals surface area contributed by atoms with Crippen LogP contribution in [-0.2, 0) is 0 Å². The molecule has 2 rings (SSSR count). The zero-order chi connectivity index (χ0) is 14.7. The van der Waals surface area contributed by atoms with Gasteiger partial charge in [-0.25, -0.2) is 9.67 Å². The third-order valence-electron chi connectivity index (χ3n) is 2.72. The standard InChI is InChI=1S/C13H16ClN5O/c1-8(2)19-11(6-7-16-19)18-13(20)12-9(14)4-5-10(15-3)17-12/h4-8H,1-3H3,(H,15,17)(H,18,20). The van der Waals surface area contributed by atoms with Crippen LogP contribution in [0.5, 0.6) is 0 Å². The lowest BCUT2D eigenvalue weighted by atomic mass is 10.3. The number of pyridine rings is 1. The highest BCUT2D eigenvalue weighted by Gasteiger charge is 2.16. The summed E-state index contributed by atoms with van der Waals surface area (Å²) in [5.41, 5.74) is 0.176. The van der Waals surface area contributed by atoms with E-state index >= 15 is 0 Å². The van der Waals surface area contributed by atoms with Crippen molar-refractivity contribution >= 4 is 29.1 Å². The third-order valence-corrected chi connectivity index (χ3v) is 3.02. The van der Waals surface area contributed by atoms with Gasteiger partial charge in [0.15, 0.2) is 0 Å². The van der Waals surface area contributed by atoms with Crippen molar-refractivity contribution in [3.8, 4) is 0 Å². The summed E-state index contributed by atoms with van der Waals surface area (Å²) in [5, 5.41) is 10.1. The van der Waals surface area contributed by atoms with Gasteiger partial charge in [-0.2, -0.15) is 5.10 Å². The van der Waals surface area contributed by atoms with Crippen molar-refractivity contribution in [1.29, 1.82) is 0 Å². The molecule has 0 spiro atoms. The summed E-state index contributed by atoms with van der Waals surface area (Å²) in [7, 11) is 1.73. The van der Waals surface area contributed by atoms with Gasteiger partial charge in [0.2, 0.25) is 0 Å². The van der Waals surface area contributed by atoms with E-state index < -0.39 is 0 Å². The Hall–Kier alpha value is -2.08. The quantitative estimate of drug-likeness (QED) is 0.909. The molecular formula is C13H16ClN5O. The van der Waals surface area contributed by atoms with Crippen LogP contribution in [0.3, 0.4) is 0 Å². The van der Waals surface area contributed by atoms with Gasteiger partial charge in [-0.3, -0.25) is 4.79 Å². The molecule has 2 N–H and O–H groups in total. The van der Waals surface area contributed by atoms with Gasteiger partial charge < -0.3 is 10.6 Å². The number of rotatable bonds is 4. The van der Waals surface area contributed by atoms with Crippen LogP contribution in [-0.4, -0.2) is 27.7 Å². The van der Waals surface area contributed by atoms with E-state index in [2.05, 4.69) is 20.7 Å². The van der Waals surface area contributed by atoms with Crippen LogP contribution >= 0.6 is 11.6 Å². The topological polar surface area (TPSA) is 71.8 Å². The SMILES string of the molecule is CNc1ccc(Cl)c(C(=O)Nc2ccnn2C(C)C)n1. The summed E-state index contributed by atoms with van der Waals surface area (Å²) in [4.78, 5) is 16.4. The molecule has 2 heterocycles. The zero-order valence-corrected chi connectivity index (χ0v) is 12.3. The molecule has 0 saturated carbocycles. The normalized spacial score (nSPS) is 10.7. The first-order chi connectivity index (χ1) is 9.52. The molecule has 0 fully saturated rings. The lowest BCUT2D eigenvalue weighted by Gasteiger charge is -2.12. The Morgan fingerprint density at radius 2 is 2.10 bits per heavy atom.